The molecule has 3 atom stereocenters. The molecule has 0 bridgehead atoms. The van der Waals surface area contributed by atoms with Crippen LogP contribution in [0.1, 0.15) is 40.0 Å². The molecule has 0 amide bonds. The zero-order chi connectivity index (χ0) is 15.5. The van der Waals surface area contributed by atoms with Crippen LogP contribution in [0.4, 0.5) is 0 Å². The van der Waals surface area contributed by atoms with Crippen molar-refractivity contribution < 1.29 is 4.74 Å². The fourth-order valence-electron chi connectivity index (χ4n) is 3.24. The van der Waals surface area contributed by atoms with E-state index in [0.717, 1.165) is 18.2 Å². The molecule has 2 N–H and O–H groups in total. The monoisotopic (exact) mass is 307 g/mol. The fraction of sp³-hybridized carbons (Fsp3) is 0.667. The Bertz CT molecular complexity index is 455. The van der Waals surface area contributed by atoms with E-state index in [2.05, 4.69) is 39.0 Å². The summed E-state index contributed by atoms with van der Waals surface area (Å²) in [5.41, 5.74) is 6.42. The second-order valence-electron chi connectivity index (χ2n) is 7.21. The van der Waals surface area contributed by atoms with Gasteiger partial charge in [-0.1, -0.05) is 26.8 Å². The van der Waals surface area contributed by atoms with Crippen molar-refractivity contribution in [3.63, 3.8) is 0 Å². The van der Waals surface area contributed by atoms with Gasteiger partial charge in [-0.25, -0.2) is 0 Å². The highest BCUT2D eigenvalue weighted by atomic mass is 32.2. The molecule has 0 spiro atoms. The third kappa shape index (κ3) is 4.40. The molecule has 3 heteroatoms. The standard InChI is InChI=1S/C18H29NOS/c1-18(2,3)14-9-8-13(12-19)17(10-14)21-16-7-5-6-15(11-16)20-4/h5-7,11,13-14,17H,8-10,12,19H2,1-4H3. The van der Waals surface area contributed by atoms with Crippen molar-refractivity contribution in [2.75, 3.05) is 13.7 Å². The summed E-state index contributed by atoms with van der Waals surface area (Å²) in [6.07, 6.45) is 3.86. The van der Waals surface area contributed by atoms with E-state index in [1.54, 1.807) is 7.11 Å². The molecule has 3 unspecified atom stereocenters. The molecular weight excluding hydrogens is 278 g/mol. The molecule has 0 saturated heterocycles. The fourth-order valence-corrected chi connectivity index (χ4v) is 4.70. The molecule has 1 fully saturated rings. The Kier molecular flexibility index (Phi) is 5.61. The van der Waals surface area contributed by atoms with Gasteiger partial charge in [-0.15, -0.1) is 11.8 Å². The molecule has 0 aliphatic heterocycles. The molecule has 0 aromatic heterocycles. The first-order valence-corrected chi connectivity index (χ1v) is 8.82. The van der Waals surface area contributed by atoms with Crippen LogP contribution in [0.3, 0.4) is 0 Å². The van der Waals surface area contributed by atoms with E-state index in [1.165, 1.54) is 24.2 Å². The van der Waals surface area contributed by atoms with Gasteiger partial charge in [-0.05, 0) is 61.3 Å². The van der Waals surface area contributed by atoms with E-state index >= 15 is 0 Å². The van der Waals surface area contributed by atoms with Crippen molar-refractivity contribution in [2.45, 2.75) is 50.2 Å². The minimum atomic E-state index is 0.396. The van der Waals surface area contributed by atoms with Gasteiger partial charge in [-0.2, -0.15) is 0 Å². The van der Waals surface area contributed by atoms with E-state index in [-0.39, 0.29) is 0 Å². The summed E-state index contributed by atoms with van der Waals surface area (Å²) >= 11 is 1.99. The maximum Gasteiger partial charge on any atom is 0.119 e. The highest BCUT2D eigenvalue weighted by Crippen LogP contribution is 2.45. The van der Waals surface area contributed by atoms with Gasteiger partial charge in [0.25, 0.3) is 0 Å². The molecule has 1 aromatic carbocycles. The predicted molar refractivity (Wildman–Crippen MR) is 92.0 cm³/mol. The van der Waals surface area contributed by atoms with Crippen LogP contribution in [-0.4, -0.2) is 18.9 Å². The molecule has 0 radical (unpaired) electrons. The average molecular weight is 308 g/mol. The highest BCUT2D eigenvalue weighted by Gasteiger charge is 2.35. The summed E-state index contributed by atoms with van der Waals surface area (Å²) in [5.74, 6) is 2.37. The van der Waals surface area contributed by atoms with Crippen molar-refractivity contribution >= 4 is 11.8 Å². The van der Waals surface area contributed by atoms with E-state index in [9.17, 15) is 0 Å². The van der Waals surface area contributed by atoms with Crippen LogP contribution >= 0.6 is 11.8 Å². The van der Waals surface area contributed by atoms with Crippen LogP contribution in [0.2, 0.25) is 0 Å². The summed E-state index contributed by atoms with van der Waals surface area (Å²) in [5, 5.41) is 0.625. The lowest BCUT2D eigenvalue weighted by Gasteiger charge is -2.41. The molecule has 1 saturated carbocycles. The first kappa shape index (κ1) is 16.7. The zero-order valence-corrected chi connectivity index (χ0v) is 14.6. The molecule has 1 aliphatic rings. The normalized spacial score (nSPS) is 26.6. The lowest BCUT2D eigenvalue weighted by atomic mass is 9.69. The van der Waals surface area contributed by atoms with Crippen molar-refractivity contribution in [2.24, 2.45) is 23.0 Å². The zero-order valence-electron chi connectivity index (χ0n) is 13.8. The summed E-state index contributed by atoms with van der Waals surface area (Å²) < 4.78 is 5.33. The molecule has 0 heterocycles. The number of methoxy groups -OCH3 is 1. The number of ether oxygens (including phenoxy) is 1. The van der Waals surface area contributed by atoms with Crippen molar-refractivity contribution in [1.29, 1.82) is 0 Å². The quantitative estimate of drug-likeness (QED) is 0.884. The topological polar surface area (TPSA) is 35.2 Å². The molecular formula is C18H29NOS. The third-order valence-electron chi connectivity index (χ3n) is 4.78. The Balaban J connectivity index is 2.10. The Morgan fingerprint density at radius 3 is 2.67 bits per heavy atom. The second-order valence-corrected chi connectivity index (χ2v) is 8.52. The van der Waals surface area contributed by atoms with E-state index in [4.69, 9.17) is 10.5 Å². The van der Waals surface area contributed by atoms with Gasteiger partial charge in [0.05, 0.1) is 7.11 Å². The van der Waals surface area contributed by atoms with Crippen molar-refractivity contribution in [3.05, 3.63) is 24.3 Å². The minimum absolute atomic E-state index is 0.396. The first-order valence-electron chi connectivity index (χ1n) is 7.95. The smallest absolute Gasteiger partial charge is 0.119 e. The Labute approximate surface area is 133 Å². The van der Waals surface area contributed by atoms with Crippen LogP contribution in [0, 0.1) is 17.3 Å². The van der Waals surface area contributed by atoms with Crippen LogP contribution in [0.25, 0.3) is 0 Å². The lowest BCUT2D eigenvalue weighted by molar-refractivity contribution is 0.157. The molecule has 21 heavy (non-hydrogen) atoms. The van der Waals surface area contributed by atoms with E-state index in [0.29, 0.717) is 16.6 Å². The van der Waals surface area contributed by atoms with Crippen LogP contribution in [0.5, 0.6) is 5.75 Å². The van der Waals surface area contributed by atoms with Gasteiger partial charge < -0.3 is 10.5 Å². The number of hydrogen-bond acceptors (Lipinski definition) is 3. The van der Waals surface area contributed by atoms with Crippen molar-refractivity contribution in [1.82, 2.24) is 0 Å². The molecule has 1 aliphatic carbocycles. The number of thioether (sulfide) groups is 1. The summed E-state index contributed by atoms with van der Waals surface area (Å²) in [6.45, 7) is 7.91. The summed E-state index contributed by atoms with van der Waals surface area (Å²) in [6, 6.07) is 8.40. The van der Waals surface area contributed by atoms with E-state index < -0.39 is 0 Å². The Hall–Kier alpha value is -0.670. The maximum absolute atomic E-state index is 6.02. The van der Waals surface area contributed by atoms with Gasteiger partial charge in [0, 0.05) is 10.1 Å². The third-order valence-corrected chi connectivity index (χ3v) is 6.19. The second kappa shape index (κ2) is 7.06. The number of nitrogens with two attached hydrogens (primary N) is 1. The first-order chi connectivity index (χ1) is 9.94. The number of rotatable bonds is 4. The minimum Gasteiger partial charge on any atom is -0.497 e. The summed E-state index contributed by atoms with van der Waals surface area (Å²) in [7, 11) is 1.72. The maximum atomic E-state index is 6.02. The lowest BCUT2D eigenvalue weighted by Crippen LogP contribution is -2.36. The molecule has 118 valence electrons. The Morgan fingerprint density at radius 2 is 2.05 bits per heavy atom. The highest BCUT2D eigenvalue weighted by molar-refractivity contribution is 8.00. The Morgan fingerprint density at radius 1 is 1.29 bits per heavy atom. The molecule has 2 rings (SSSR count). The number of hydrogen-bond donors (Lipinski definition) is 1. The van der Waals surface area contributed by atoms with Crippen LogP contribution in [-0.2, 0) is 0 Å². The SMILES string of the molecule is COc1cccc(SC2CC(C(C)(C)C)CCC2CN)c1. The van der Waals surface area contributed by atoms with Crippen LogP contribution in [0.15, 0.2) is 29.2 Å². The number of benzene rings is 1. The van der Waals surface area contributed by atoms with Gasteiger partial charge in [0.1, 0.15) is 5.75 Å². The molecule has 1 aromatic rings. The van der Waals surface area contributed by atoms with Gasteiger partial charge in [-0.3, -0.25) is 0 Å². The summed E-state index contributed by atoms with van der Waals surface area (Å²) in [4.78, 5) is 1.30. The van der Waals surface area contributed by atoms with Gasteiger partial charge in [0.15, 0.2) is 0 Å². The average Bonchev–Trinajstić information content (AvgIpc) is 2.46. The van der Waals surface area contributed by atoms with Crippen molar-refractivity contribution in [3.8, 4) is 5.75 Å². The van der Waals surface area contributed by atoms with E-state index in [1.807, 2.05) is 17.8 Å². The van der Waals surface area contributed by atoms with Crippen LogP contribution < -0.4 is 10.5 Å². The largest absolute Gasteiger partial charge is 0.497 e. The van der Waals surface area contributed by atoms with Gasteiger partial charge >= 0.3 is 0 Å². The molecule has 2 nitrogen and oxygen atoms in total. The predicted octanol–water partition coefficient (Wildman–Crippen LogP) is 4.58. The van der Waals surface area contributed by atoms with Gasteiger partial charge in [0.2, 0.25) is 0 Å².